The molecule has 0 heterocycles. The highest BCUT2D eigenvalue weighted by molar-refractivity contribution is 5.81. The Balaban J connectivity index is 1.63. The van der Waals surface area contributed by atoms with Crippen LogP contribution in [0.1, 0.15) is 22.3 Å². The summed E-state index contributed by atoms with van der Waals surface area (Å²) < 4.78 is 10.7. The summed E-state index contributed by atoms with van der Waals surface area (Å²) >= 11 is 0. The monoisotopic (exact) mass is 415 g/mol. The molecule has 31 heavy (non-hydrogen) atoms. The molecular weight excluding hydrogens is 390 g/mol. The number of rotatable bonds is 9. The maximum Gasteiger partial charge on any atom is 0.408 e. The van der Waals surface area contributed by atoms with Gasteiger partial charge in [0.15, 0.2) is 0 Å². The van der Waals surface area contributed by atoms with Crippen LogP contribution in [-0.4, -0.2) is 18.1 Å². The van der Waals surface area contributed by atoms with Crippen molar-refractivity contribution in [1.29, 1.82) is 0 Å². The first-order valence-electron chi connectivity index (χ1n) is 10.0. The van der Waals surface area contributed by atoms with E-state index in [1.807, 2.05) is 84.9 Å². The Morgan fingerprint density at radius 3 is 1.87 bits per heavy atom. The van der Waals surface area contributed by atoms with Gasteiger partial charge >= 0.3 is 12.1 Å². The number of amides is 1. The number of benzene rings is 3. The van der Waals surface area contributed by atoms with Gasteiger partial charge in [-0.2, -0.15) is 0 Å². The zero-order valence-electron chi connectivity index (χ0n) is 17.2. The van der Waals surface area contributed by atoms with Crippen LogP contribution in [0.25, 0.3) is 6.08 Å². The number of carbonyl (C=O) groups is 2. The highest BCUT2D eigenvalue weighted by Crippen LogP contribution is 2.11. The van der Waals surface area contributed by atoms with Crippen LogP contribution in [0.5, 0.6) is 0 Å². The normalized spacial score (nSPS) is 11.2. The third kappa shape index (κ3) is 7.16. The predicted octanol–water partition coefficient (Wildman–Crippen LogP) is 4.91. The first-order chi connectivity index (χ1) is 15.1. The molecule has 0 spiro atoms. The Morgan fingerprint density at radius 1 is 0.774 bits per heavy atom. The van der Waals surface area contributed by atoms with E-state index in [0.717, 1.165) is 22.3 Å². The van der Waals surface area contributed by atoms with E-state index in [-0.39, 0.29) is 19.6 Å². The minimum Gasteiger partial charge on any atom is -0.459 e. The second kappa shape index (κ2) is 11.4. The van der Waals surface area contributed by atoms with Gasteiger partial charge in [0.05, 0.1) is 0 Å². The average molecular weight is 415 g/mol. The fourth-order valence-electron chi connectivity index (χ4n) is 2.96. The van der Waals surface area contributed by atoms with Gasteiger partial charge in [-0.15, -0.1) is 0 Å². The fourth-order valence-corrected chi connectivity index (χ4v) is 2.96. The van der Waals surface area contributed by atoms with Gasteiger partial charge < -0.3 is 14.8 Å². The molecule has 0 saturated heterocycles. The maximum atomic E-state index is 12.7. The number of esters is 1. The summed E-state index contributed by atoms with van der Waals surface area (Å²) in [4.78, 5) is 25.1. The van der Waals surface area contributed by atoms with Crippen molar-refractivity contribution in [3.05, 3.63) is 114 Å². The molecular formula is C26H25NO4. The van der Waals surface area contributed by atoms with E-state index in [1.165, 1.54) is 0 Å². The van der Waals surface area contributed by atoms with Crippen molar-refractivity contribution in [3.8, 4) is 0 Å². The molecule has 3 aromatic rings. The van der Waals surface area contributed by atoms with Gasteiger partial charge in [-0.25, -0.2) is 9.59 Å². The quantitative estimate of drug-likeness (QED) is 0.504. The molecule has 0 aliphatic rings. The van der Waals surface area contributed by atoms with E-state index in [9.17, 15) is 9.59 Å². The van der Waals surface area contributed by atoms with Crippen LogP contribution in [0.15, 0.2) is 91.5 Å². The Bertz CT molecular complexity index is 985. The number of ether oxygens (including phenoxy) is 2. The molecule has 3 rings (SSSR count). The van der Waals surface area contributed by atoms with Gasteiger partial charge in [-0.1, -0.05) is 97.6 Å². The standard InChI is InChI=1S/C26H25NO4/c1-2-20-13-15-21(16-14-20)17-24(25(28)30-18-22-9-5-3-6-10-22)27-26(29)31-19-23-11-7-4-8-12-23/h2-16,24H,1,17-19H2,(H,27,29)/t24-/m0/s1. The van der Waals surface area contributed by atoms with Crippen molar-refractivity contribution >= 4 is 18.1 Å². The molecule has 0 saturated carbocycles. The van der Waals surface area contributed by atoms with Gasteiger partial charge in [0.25, 0.3) is 0 Å². The third-order valence-corrected chi connectivity index (χ3v) is 4.67. The van der Waals surface area contributed by atoms with Crippen molar-refractivity contribution in [2.45, 2.75) is 25.7 Å². The highest BCUT2D eigenvalue weighted by atomic mass is 16.6. The topological polar surface area (TPSA) is 64.6 Å². The van der Waals surface area contributed by atoms with Crippen molar-refractivity contribution in [2.75, 3.05) is 0 Å². The van der Waals surface area contributed by atoms with Crippen LogP contribution in [-0.2, 0) is 33.9 Å². The van der Waals surface area contributed by atoms with Crippen LogP contribution in [0, 0.1) is 0 Å². The second-order valence-electron chi connectivity index (χ2n) is 7.00. The smallest absolute Gasteiger partial charge is 0.408 e. The maximum absolute atomic E-state index is 12.7. The SMILES string of the molecule is C=Cc1ccc(C[C@H](NC(=O)OCc2ccccc2)C(=O)OCc2ccccc2)cc1. The van der Waals surface area contributed by atoms with Crippen molar-refractivity contribution < 1.29 is 19.1 Å². The lowest BCUT2D eigenvalue weighted by molar-refractivity contribution is -0.147. The second-order valence-corrected chi connectivity index (χ2v) is 7.00. The van der Waals surface area contributed by atoms with Gasteiger partial charge in [-0.3, -0.25) is 0 Å². The molecule has 0 aliphatic carbocycles. The lowest BCUT2D eigenvalue weighted by Crippen LogP contribution is -2.43. The molecule has 0 unspecified atom stereocenters. The van der Waals surface area contributed by atoms with Crippen molar-refractivity contribution in [2.24, 2.45) is 0 Å². The average Bonchev–Trinajstić information content (AvgIpc) is 2.82. The van der Waals surface area contributed by atoms with Crippen LogP contribution in [0.4, 0.5) is 4.79 Å². The Labute approximate surface area is 182 Å². The summed E-state index contributed by atoms with van der Waals surface area (Å²) in [7, 11) is 0. The molecule has 5 nitrogen and oxygen atoms in total. The zero-order valence-corrected chi connectivity index (χ0v) is 17.2. The van der Waals surface area contributed by atoms with E-state index in [0.29, 0.717) is 0 Å². The summed E-state index contributed by atoms with van der Waals surface area (Å²) in [5.41, 5.74) is 3.59. The molecule has 1 atom stereocenters. The molecule has 0 fully saturated rings. The van der Waals surface area contributed by atoms with Gasteiger partial charge in [-0.05, 0) is 22.3 Å². The molecule has 5 heteroatoms. The van der Waals surface area contributed by atoms with Crippen LogP contribution < -0.4 is 5.32 Å². The van der Waals surface area contributed by atoms with Crippen LogP contribution >= 0.6 is 0 Å². The Hall–Kier alpha value is -3.86. The summed E-state index contributed by atoms with van der Waals surface area (Å²) in [6, 6.07) is 25.5. The lowest BCUT2D eigenvalue weighted by atomic mass is 10.0. The summed E-state index contributed by atoms with van der Waals surface area (Å²) in [6.07, 6.45) is 1.35. The summed E-state index contributed by atoms with van der Waals surface area (Å²) in [5, 5.41) is 2.64. The minimum absolute atomic E-state index is 0.118. The predicted molar refractivity (Wildman–Crippen MR) is 120 cm³/mol. The number of hydrogen-bond donors (Lipinski definition) is 1. The number of nitrogens with one attached hydrogen (secondary N) is 1. The molecule has 0 bridgehead atoms. The number of carbonyl (C=O) groups excluding carboxylic acids is 2. The Morgan fingerprint density at radius 2 is 1.32 bits per heavy atom. The molecule has 0 aromatic heterocycles. The Kier molecular flexibility index (Phi) is 8.00. The lowest BCUT2D eigenvalue weighted by Gasteiger charge is -2.18. The van der Waals surface area contributed by atoms with Crippen molar-refractivity contribution in [3.63, 3.8) is 0 Å². The number of alkyl carbamates (subject to hydrolysis) is 1. The van der Waals surface area contributed by atoms with E-state index in [1.54, 1.807) is 6.08 Å². The first-order valence-corrected chi connectivity index (χ1v) is 10.0. The van der Waals surface area contributed by atoms with Crippen LogP contribution in [0.2, 0.25) is 0 Å². The van der Waals surface area contributed by atoms with Crippen LogP contribution in [0.3, 0.4) is 0 Å². The van der Waals surface area contributed by atoms with Gasteiger partial charge in [0, 0.05) is 6.42 Å². The highest BCUT2D eigenvalue weighted by Gasteiger charge is 2.23. The van der Waals surface area contributed by atoms with E-state index < -0.39 is 18.1 Å². The first kappa shape index (κ1) is 21.8. The largest absolute Gasteiger partial charge is 0.459 e. The van der Waals surface area contributed by atoms with Gasteiger partial charge in [0.2, 0.25) is 0 Å². The molecule has 3 aromatic carbocycles. The molecule has 1 amide bonds. The summed E-state index contributed by atoms with van der Waals surface area (Å²) in [5.74, 6) is -0.520. The zero-order chi connectivity index (χ0) is 21.9. The molecule has 0 radical (unpaired) electrons. The van der Waals surface area contributed by atoms with E-state index >= 15 is 0 Å². The third-order valence-electron chi connectivity index (χ3n) is 4.67. The fraction of sp³-hybridized carbons (Fsp3) is 0.154. The molecule has 158 valence electrons. The van der Waals surface area contributed by atoms with E-state index in [2.05, 4.69) is 11.9 Å². The number of hydrogen-bond acceptors (Lipinski definition) is 4. The van der Waals surface area contributed by atoms with E-state index in [4.69, 9.17) is 9.47 Å². The minimum atomic E-state index is -0.874. The molecule has 1 N–H and O–H groups in total. The molecule has 0 aliphatic heterocycles. The summed E-state index contributed by atoms with van der Waals surface area (Å²) in [6.45, 7) is 3.99. The van der Waals surface area contributed by atoms with Crippen molar-refractivity contribution in [1.82, 2.24) is 5.32 Å². The van der Waals surface area contributed by atoms with Gasteiger partial charge in [0.1, 0.15) is 19.3 Å².